The molecule has 1 unspecified atom stereocenters. The largest absolute Gasteiger partial charge is 0.369 e. The van der Waals surface area contributed by atoms with Gasteiger partial charge in [0.1, 0.15) is 5.01 Å². The van der Waals surface area contributed by atoms with E-state index < -0.39 is 0 Å². The first-order valence-electron chi connectivity index (χ1n) is 5.91. The molecule has 3 rings (SSSR count). The van der Waals surface area contributed by atoms with Crippen LogP contribution in [0.15, 0.2) is 23.6 Å². The zero-order valence-electron chi connectivity index (χ0n) is 10.6. The highest BCUT2D eigenvalue weighted by molar-refractivity contribution is 7.09. The van der Waals surface area contributed by atoms with Crippen LogP contribution >= 0.6 is 22.9 Å². The van der Waals surface area contributed by atoms with E-state index >= 15 is 0 Å². The maximum absolute atomic E-state index is 6.06. The Kier molecular flexibility index (Phi) is 2.95. The number of anilines is 1. The lowest BCUT2D eigenvalue weighted by atomic mass is 10.3. The molecule has 3 aromatic rings. The monoisotopic (exact) mass is 292 g/mol. The van der Waals surface area contributed by atoms with Crippen molar-refractivity contribution in [3.63, 3.8) is 0 Å². The number of aromatic nitrogens is 3. The zero-order valence-corrected chi connectivity index (χ0v) is 12.2. The topological polar surface area (TPSA) is 56.7 Å². The fourth-order valence-electron chi connectivity index (χ4n) is 2.17. The van der Waals surface area contributed by atoms with Gasteiger partial charge >= 0.3 is 0 Å². The molecule has 1 aromatic carbocycles. The molecule has 0 radical (unpaired) electrons. The predicted molar refractivity (Wildman–Crippen MR) is 79.8 cm³/mol. The summed E-state index contributed by atoms with van der Waals surface area (Å²) >= 11 is 7.69. The summed E-state index contributed by atoms with van der Waals surface area (Å²) in [6.07, 6.45) is 0. The number of rotatable bonds is 2. The van der Waals surface area contributed by atoms with Crippen molar-refractivity contribution < 1.29 is 0 Å². The molecule has 2 N–H and O–H groups in total. The lowest BCUT2D eigenvalue weighted by Crippen LogP contribution is -2.10. The summed E-state index contributed by atoms with van der Waals surface area (Å²) < 4.78 is 1.97. The Morgan fingerprint density at radius 1 is 1.37 bits per heavy atom. The quantitative estimate of drug-likeness (QED) is 0.784. The van der Waals surface area contributed by atoms with Gasteiger partial charge < -0.3 is 10.3 Å². The summed E-state index contributed by atoms with van der Waals surface area (Å²) in [7, 11) is 0. The van der Waals surface area contributed by atoms with Crippen molar-refractivity contribution in [3.05, 3.63) is 39.3 Å². The summed E-state index contributed by atoms with van der Waals surface area (Å²) in [5.74, 6) is 0.484. The lowest BCUT2D eigenvalue weighted by Gasteiger charge is -2.13. The average Bonchev–Trinajstić information content (AvgIpc) is 2.91. The molecule has 2 aromatic heterocycles. The molecule has 0 spiro atoms. The molecule has 0 fully saturated rings. The van der Waals surface area contributed by atoms with E-state index in [9.17, 15) is 0 Å². The lowest BCUT2D eigenvalue weighted by molar-refractivity contribution is 0.661. The summed E-state index contributed by atoms with van der Waals surface area (Å²) in [4.78, 5) is 8.88. The highest BCUT2D eigenvalue weighted by atomic mass is 35.5. The van der Waals surface area contributed by atoms with Crippen LogP contribution in [0.25, 0.3) is 11.0 Å². The number of thiazole rings is 1. The van der Waals surface area contributed by atoms with Gasteiger partial charge in [0.05, 0.1) is 17.1 Å². The second-order valence-electron chi connectivity index (χ2n) is 4.48. The number of fused-ring (bicyclic) bond motifs is 1. The number of nitrogen functional groups attached to an aromatic ring is 1. The first-order chi connectivity index (χ1) is 9.06. The molecule has 2 heterocycles. The van der Waals surface area contributed by atoms with Crippen molar-refractivity contribution in [1.82, 2.24) is 14.5 Å². The minimum absolute atomic E-state index is 0.0437. The number of hydrogen-bond acceptors (Lipinski definition) is 4. The van der Waals surface area contributed by atoms with E-state index in [1.165, 1.54) is 0 Å². The molecule has 1 atom stereocenters. The van der Waals surface area contributed by atoms with Crippen LogP contribution in [-0.4, -0.2) is 14.5 Å². The van der Waals surface area contributed by atoms with Gasteiger partial charge in [-0.25, -0.2) is 9.97 Å². The summed E-state index contributed by atoms with van der Waals surface area (Å²) in [5.41, 5.74) is 8.84. The molecule has 19 heavy (non-hydrogen) atoms. The van der Waals surface area contributed by atoms with Gasteiger partial charge in [-0.15, -0.1) is 11.3 Å². The van der Waals surface area contributed by atoms with Gasteiger partial charge in [0.2, 0.25) is 5.95 Å². The highest BCUT2D eigenvalue weighted by Gasteiger charge is 2.18. The van der Waals surface area contributed by atoms with Crippen molar-refractivity contribution in [3.8, 4) is 0 Å². The van der Waals surface area contributed by atoms with Crippen molar-refractivity contribution in [1.29, 1.82) is 0 Å². The number of nitrogens with two attached hydrogens (primary N) is 1. The Morgan fingerprint density at radius 2 is 2.16 bits per heavy atom. The Morgan fingerprint density at radius 3 is 2.84 bits per heavy atom. The van der Waals surface area contributed by atoms with E-state index in [0.29, 0.717) is 11.0 Å². The van der Waals surface area contributed by atoms with Crippen LogP contribution < -0.4 is 5.73 Å². The molecule has 4 nitrogen and oxygen atoms in total. The van der Waals surface area contributed by atoms with Crippen LogP contribution in [0.2, 0.25) is 5.02 Å². The fourth-order valence-corrected chi connectivity index (χ4v) is 3.18. The minimum atomic E-state index is 0.0437. The molecule has 0 saturated heterocycles. The van der Waals surface area contributed by atoms with Crippen molar-refractivity contribution in [2.75, 3.05) is 5.73 Å². The number of halogens is 1. The van der Waals surface area contributed by atoms with E-state index in [1.54, 1.807) is 11.3 Å². The first-order valence-corrected chi connectivity index (χ1v) is 7.17. The van der Waals surface area contributed by atoms with E-state index in [0.717, 1.165) is 21.7 Å². The molecule has 0 amide bonds. The second kappa shape index (κ2) is 4.51. The Hall–Kier alpha value is -1.59. The number of hydrogen-bond donors (Lipinski definition) is 1. The normalized spacial score (nSPS) is 13.0. The van der Waals surface area contributed by atoms with Crippen LogP contribution in [0.1, 0.15) is 23.7 Å². The van der Waals surface area contributed by atoms with E-state index in [1.807, 2.05) is 35.1 Å². The molecule has 0 aliphatic carbocycles. The van der Waals surface area contributed by atoms with Gasteiger partial charge in [-0.1, -0.05) is 11.6 Å². The average molecular weight is 293 g/mol. The molecule has 0 bridgehead atoms. The highest BCUT2D eigenvalue weighted by Crippen LogP contribution is 2.30. The number of nitrogens with zero attached hydrogens (tertiary/aromatic N) is 3. The van der Waals surface area contributed by atoms with Crippen LogP contribution in [0.5, 0.6) is 0 Å². The molecule has 6 heteroatoms. The van der Waals surface area contributed by atoms with E-state index in [-0.39, 0.29) is 6.04 Å². The third-order valence-electron chi connectivity index (χ3n) is 3.06. The standard InChI is InChI=1S/C13H13ClN4S/c1-7-6-19-12(16-7)8(2)18-11-5-9(14)3-4-10(11)17-13(18)15/h3-6,8H,1-2H3,(H2,15,17). The Bertz CT molecular complexity index is 746. The number of benzene rings is 1. The van der Waals surface area contributed by atoms with Crippen LogP contribution in [0.4, 0.5) is 5.95 Å². The Balaban J connectivity index is 2.18. The van der Waals surface area contributed by atoms with Gasteiger partial charge in [-0.3, -0.25) is 0 Å². The zero-order chi connectivity index (χ0) is 13.6. The van der Waals surface area contributed by atoms with Gasteiger partial charge in [0.15, 0.2) is 0 Å². The SMILES string of the molecule is Cc1csc(C(C)n2c(N)nc3ccc(Cl)cc32)n1. The van der Waals surface area contributed by atoms with Crippen LogP contribution in [0.3, 0.4) is 0 Å². The molecule has 0 aliphatic rings. The fraction of sp³-hybridized carbons (Fsp3) is 0.231. The number of imidazole rings is 1. The maximum Gasteiger partial charge on any atom is 0.201 e. The van der Waals surface area contributed by atoms with E-state index in [4.69, 9.17) is 17.3 Å². The van der Waals surface area contributed by atoms with Gasteiger partial charge in [-0.05, 0) is 32.0 Å². The molecular formula is C13H13ClN4S. The second-order valence-corrected chi connectivity index (χ2v) is 5.80. The van der Waals surface area contributed by atoms with Crippen molar-refractivity contribution in [2.45, 2.75) is 19.9 Å². The van der Waals surface area contributed by atoms with Gasteiger partial charge in [-0.2, -0.15) is 0 Å². The third kappa shape index (κ3) is 2.09. The van der Waals surface area contributed by atoms with Gasteiger partial charge in [0, 0.05) is 16.1 Å². The first kappa shape index (κ1) is 12.4. The third-order valence-corrected chi connectivity index (χ3v) is 4.43. The molecule has 0 aliphatic heterocycles. The number of aryl methyl sites for hydroxylation is 1. The Labute approximate surface area is 119 Å². The summed E-state index contributed by atoms with van der Waals surface area (Å²) in [6, 6.07) is 5.63. The molecular weight excluding hydrogens is 280 g/mol. The van der Waals surface area contributed by atoms with Crippen molar-refractivity contribution >= 4 is 39.9 Å². The minimum Gasteiger partial charge on any atom is -0.369 e. The van der Waals surface area contributed by atoms with Crippen molar-refractivity contribution in [2.24, 2.45) is 0 Å². The summed E-state index contributed by atoms with van der Waals surface area (Å²) in [6.45, 7) is 4.05. The van der Waals surface area contributed by atoms with E-state index in [2.05, 4.69) is 16.9 Å². The molecule has 0 saturated carbocycles. The predicted octanol–water partition coefficient (Wildman–Crippen LogP) is 3.65. The van der Waals surface area contributed by atoms with Crippen LogP contribution in [0, 0.1) is 6.92 Å². The molecule has 98 valence electrons. The maximum atomic E-state index is 6.06. The van der Waals surface area contributed by atoms with Gasteiger partial charge in [0.25, 0.3) is 0 Å². The smallest absolute Gasteiger partial charge is 0.201 e. The van der Waals surface area contributed by atoms with Crippen LogP contribution in [-0.2, 0) is 0 Å². The summed E-state index contributed by atoms with van der Waals surface area (Å²) in [5, 5.41) is 3.73.